The Hall–Kier alpha value is -1.95. The molecule has 0 radical (unpaired) electrons. The summed E-state index contributed by atoms with van der Waals surface area (Å²) in [6.45, 7) is 9.25. The molecule has 35 heavy (non-hydrogen) atoms. The second-order valence-electron chi connectivity index (χ2n) is 11.2. The minimum Gasteiger partial charge on any atom is -0.361 e. The number of carbonyl (C=O) groups excluding carboxylic acids is 1. The van der Waals surface area contributed by atoms with Crippen LogP contribution in [0.5, 0.6) is 0 Å². The zero-order valence-electron chi connectivity index (χ0n) is 21.6. The molecule has 1 aliphatic carbocycles. The van der Waals surface area contributed by atoms with E-state index in [2.05, 4.69) is 34.8 Å². The number of sulfonamides is 1. The fourth-order valence-electron chi connectivity index (χ4n) is 5.03. The Morgan fingerprint density at radius 3 is 2.60 bits per heavy atom. The van der Waals surface area contributed by atoms with Crippen LogP contribution in [-0.2, 0) is 21.5 Å². The molecule has 2 aromatic heterocycles. The molecule has 2 aliphatic rings. The maximum atomic E-state index is 12.7. The molecule has 0 atom stereocenters. The number of pyridine rings is 1. The Labute approximate surface area is 209 Å². The first kappa shape index (κ1) is 26.1. The van der Waals surface area contributed by atoms with Gasteiger partial charge in [0, 0.05) is 52.1 Å². The zero-order chi connectivity index (χ0) is 25.4. The second kappa shape index (κ2) is 10.2. The number of nitrogens with zero attached hydrogens (tertiary/aromatic N) is 4. The lowest BCUT2D eigenvalue weighted by molar-refractivity contribution is 0.0899. The van der Waals surface area contributed by atoms with Crippen LogP contribution in [0, 0.1) is 5.92 Å². The minimum atomic E-state index is -3.16. The summed E-state index contributed by atoms with van der Waals surface area (Å²) in [4.78, 5) is 19.6. The predicted octanol–water partition coefficient (Wildman–Crippen LogP) is 3.31. The molecule has 1 N–H and O–H groups in total. The number of carbonyl (C=O) groups is 1. The molecule has 11 heteroatoms. The lowest BCUT2D eigenvalue weighted by atomic mass is 9.84. The Kier molecular flexibility index (Phi) is 7.61. The maximum Gasteiger partial charge on any atom is 0.256 e. The van der Waals surface area contributed by atoms with E-state index in [9.17, 15) is 13.2 Å². The fraction of sp³-hybridized carbons (Fsp3) is 0.667. The number of nitrogens with one attached hydrogen (secondary N) is 1. The van der Waals surface area contributed by atoms with Crippen molar-refractivity contribution in [1.82, 2.24) is 19.2 Å². The summed E-state index contributed by atoms with van der Waals surface area (Å²) in [7, 11) is -2.65. The quantitative estimate of drug-likeness (QED) is 0.402. The standard InChI is InChI=1S/C24H39N5O4SSi/c1-27(34(2,31)32)15-18-6-8-19(9-7-18)29-16-26-24(30)21-14-25-23-20(22(21)29)10-11-28(23)17-33-12-13-35(3,4)5/h10-11,14,18-19H,6-9,12-13,15-17H2,1-5H3,(H,26,30). The molecule has 2 aromatic rings. The van der Waals surface area contributed by atoms with Gasteiger partial charge in [0.1, 0.15) is 12.4 Å². The molecule has 1 saturated carbocycles. The second-order valence-corrected chi connectivity index (χ2v) is 19.0. The lowest BCUT2D eigenvalue weighted by Crippen LogP contribution is -2.50. The number of amides is 1. The van der Waals surface area contributed by atoms with Crippen molar-refractivity contribution in [3.05, 3.63) is 24.0 Å². The van der Waals surface area contributed by atoms with Gasteiger partial charge in [-0.15, -0.1) is 0 Å². The van der Waals surface area contributed by atoms with Crippen LogP contribution in [0.3, 0.4) is 0 Å². The maximum absolute atomic E-state index is 12.7. The van der Waals surface area contributed by atoms with E-state index in [1.165, 1.54) is 10.6 Å². The number of hydrogen-bond acceptors (Lipinski definition) is 6. The molecule has 0 spiro atoms. The van der Waals surface area contributed by atoms with Gasteiger partial charge in [0.15, 0.2) is 0 Å². The van der Waals surface area contributed by atoms with Crippen LogP contribution in [0.1, 0.15) is 36.0 Å². The third-order valence-electron chi connectivity index (χ3n) is 7.27. The van der Waals surface area contributed by atoms with Gasteiger partial charge in [-0.2, -0.15) is 0 Å². The Morgan fingerprint density at radius 1 is 1.23 bits per heavy atom. The topological polar surface area (TPSA) is 96.8 Å². The van der Waals surface area contributed by atoms with Crippen LogP contribution in [0.4, 0.5) is 5.69 Å². The first-order valence-electron chi connectivity index (χ1n) is 12.5. The molecule has 1 aliphatic heterocycles. The molecule has 4 rings (SSSR count). The van der Waals surface area contributed by atoms with E-state index in [0.717, 1.165) is 55.1 Å². The van der Waals surface area contributed by atoms with Gasteiger partial charge in [-0.1, -0.05) is 19.6 Å². The van der Waals surface area contributed by atoms with E-state index in [0.29, 0.717) is 31.4 Å². The van der Waals surface area contributed by atoms with E-state index in [4.69, 9.17) is 4.74 Å². The highest BCUT2D eigenvalue weighted by atomic mass is 32.2. The van der Waals surface area contributed by atoms with Gasteiger partial charge in [0.25, 0.3) is 5.91 Å². The van der Waals surface area contributed by atoms with Crippen molar-refractivity contribution < 1.29 is 17.9 Å². The average molecular weight is 522 g/mol. The molecule has 0 aromatic carbocycles. The molecule has 9 nitrogen and oxygen atoms in total. The molecular weight excluding hydrogens is 482 g/mol. The highest BCUT2D eigenvalue weighted by Gasteiger charge is 2.34. The van der Waals surface area contributed by atoms with Crippen molar-refractivity contribution in [2.75, 3.05) is 38.0 Å². The van der Waals surface area contributed by atoms with Crippen molar-refractivity contribution in [1.29, 1.82) is 0 Å². The van der Waals surface area contributed by atoms with E-state index in [1.54, 1.807) is 13.2 Å². The SMILES string of the molecule is CN(CC1CCC(N2CNC(=O)c3cnc4c(ccn4COCC[Si](C)(C)C)c32)CC1)S(C)(=O)=O. The number of hydrogen-bond donors (Lipinski definition) is 1. The highest BCUT2D eigenvalue weighted by Crippen LogP contribution is 2.37. The van der Waals surface area contributed by atoms with Gasteiger partial charge >= 0.3 is 0 Å². The van der Waals surface area contributed by atoms with Crippen LogP contribution in [0.2, 0.25) is 25.7 Å². The zero-order valence-corrected chi connectivity index (χ0v) is 23.4. The molecular formula is C24H39N5O4SSi. The van der Waals surface area contributed by atoms with Crippen molar-refractivity contribution >= 4 is 40.7 Å². The van der Waals surface area contributed by atoms with Crippen molar-refractivity contribution in [2.24, 2.45) is 5.92 Å². The Morgan fingerprint density at radius 2 is 1.94 bits per heavy atom. The largest absolute Gasteiger partial charge is 0.361 e. The van der Waals surface area contributed by atoms with Gasteiger partial charge in [-0.3, -0.25) is 4.79 Å². The van der Waals surface area contributed by atoms with E-state index >= 15 is 0 Å². The van der Waals surface area contributed by atoms with Crippen LogP contribution >= 0.6 is 0 Å². The van der Waals surface area contributed by atoms with Crippen LogP contribution in [0.25, 0.3) is 11.0 Å². The summed E-state index contributed by atoms with van der Waals surface area (Å²) in [5.74, 6) is 0.268. The van der Waals surface area contributed by atoms with Gasteiger partial charge in [-0.05, 0) is 43.7 Å². The summed E-state index contributed by atoms with van der Waals surface area (Å²) in [5.41, 5.74) is 2.40. The van der Waals surface area contributed by atoms with E-state index in [1.807, 2.05) is 16.8 Å². The third-order valence-corrected chi connectivity index (χ3v) is 10.3. The van der Waals surface area contributed by atoms with Crippen LogP contribution in [0.15, 0.2) is 18.5 Å². The summed E-state index contributed by atoms with van der Waals surface area (Å²) < 4.78 is 33.0. The van der Waals surface area contributed by atoms with Gasteiger partial charge in [0.05, 0.1) is 24.2 Å². The van der Waals surface area contributed by atoms with Gasteiger partial charge in [0.2, 0.25) is 10.0 Å². The smallest absolute Gasteiger partial charge is 0.256 e. The van der Waals surface area contributed by atoms with Crippen molar-refractivity contribution in [3.63, 3.8) is 0 Å². The molecule has 0 saturated heterocycles. The summed E-state index contributed by atoms with van der Waals surface area (Å²) in [5, 5.41) is 3.99. The third kappa shape index (κ3) is 6.07. The molecule has 0 unspecified atom stereocenters. The Bertz CT molecular complexity index is 1170. The summed E-state index contributed by atoms with van der Waals surface area (Å²) in [6, 6.07) is 3.45. The number of ether oxygens (including phenoxy) is 1. The first-order chi connectivity index (χ1) is 16.4. The van der Waals surface area contributed by atoms with Crippen molar-refractivity contribution in [2.45, 2.75) is 64.1 Å². The van der Waals surface area contributed by atoms with Crippen molar-refractivity contribution in [3.8, 4) is 0 Å². The van der Waals surface area contributed by atoms with Gasteiger partial charge in [-0.25, -0.2) is 17.7 Å². The number of anilines is 1. The number of rotatable bonds is 9. The van der Waals surface area contributed by atoms with Gasteiger partial charge < -0.3 is 19.5 Å². The van der Waals surface area contributed by atoms with Crippen LogP contribution < -0.4 is 10.2 Å². The van der Waals surface area contributed by atoms with E-state index < -0.39 is 18.1 Å². The molecule has 3 heterocycles. The Balaban J connectivity index is 1.50. The number of aromatic nitrogens is 2. The summed E-state index contributed by atoms with van der Waals surface area (Å²) in [6.07, 6.45) is 8.78. The molecule has 1 amide bonds. The van der Waals surface area contributed by atoms with E-state index in [-0.39, 0.29) is 11.9 Å². The van der Waals surface area contributed by atoms with Crippen LogP contribution in [-0.4, -0.2) is 75.4 Å². The minimum absolute atomic E-state index is 0.0896. The molecule has 0 bridgehead atoms. The summed E-state index contributed by atoms with van der Waals surface area (Å²) >= 11 is 0. The average Bonchev–Trinajstić information content (AvgIpc) is 3.20. The fourth-order valence-corrected chi connectivity index (χ4v) is 6.27. The first-order valence-corrected chi connectivity index (χ1v) is 18.0. The molecule has 1 fully saturated rings. The highest BCUT2D eigenvalue weighted by molar-refractivity contribution is 7.88. The monoisotopic (exact) mass is 521 g/mol. The predicted molar refractivity (Wildman–Crippen MR) is 142 cm³/mol. The lowest BCUT2D eigenvalue weighted by Gasteiger charge is -2.41. The normalized spacial score (nSPS) is 21.4. The number of fused-ring (bicyclic) bond motifs is 3. The molecule has 194 valence electrons.